The van der Waals surface area contributed by atoms with E-state index in [9.17, 15) is 28.8 Å². The van der Waals surface area contributed by atoms with Crippen molar-refractivity contribution in [1.29, 1.82) is 0 Å². The molecule has 1 aliphatic rings. The van der Waals surface area contributed by atoms with Crippen LogP contribution in [0, 0.1) is 0 Å². The number of carbonyl (C=O) groups is 6. The fourth-order valence-electron chi connectivity index (χ4n) is 3.68. The number of unbranched alkanes of at least 4 members (excludes halogenated alkanes) is 1. The first-order chi connectivity index (χ1) is 19.4. The molecule has 0 saturated carbocycles. The molecule has 1 fully saturated rings. The first-order valence-electron chi connectivity index (χ1n) is 12.3. The molecule has 0 aromatic heterocycles. The minimum atomic E-state index is -1.42. The summed E-state index contributed by atoms with van der Waals surface area (Å²) >= 11 is 3.56. The van der Waals surface area contributed by atoms with Crippen molar-refractivity contribution in [2.45, 2.75) is 83.6 Å². The molecule has 0 bridgehead atoms. The van der Waals surface area contributed by atoms with Gasteiger partial charge in [0, 0.05) is 52.2 Å². The van der Waals surface area contributed by atoms with E-state index < -0.39 is 79.0 Å². The molecule has 6 atom stereocenters. The monoisotopic (exact) mass is 606 g/mol. The highest BCUT2D eigenvalue weighted by atomic mass is 32.1. The number of hydrogen-bond donors (Lipinski definition) is 4. The maximum Gasteiger partial charge on any atom is 0.325 e. The molecule has 230 valence electrons. The van der Waals surface area contributed by atoms with Gasteiger partial charge in [0.25, 0.3) is 0 Å². The van der Waals surface area contributed by atoms with Crippen LogP contribution in [-0.2, 0) is 57.3 Å². The van der Waals surface area contributed by atoms with E-state index in [1.165, 1.54) is 6.92 Å². The molecule has 2 amide bonds. The summed E-state index contributed by atoms with van der Waals surface area (Å²) in [6.07, 6.45) is -4.34. The van der Waals surface area contributed by atoms with Gasteiger partial charge >= 0.3 is 23.9 Å². The van der Waals surface area contributed by atoms with E-state index in [0.29, 0.717) is 12.8 Å². The third-order valence-electron chi connectivity index (χ3n) is 5.25. The van der Waals surface area contributed by atoms with E-state index in [1.807, 2.05) is 4.89 Å². The van der Waals surface area contributed by atoms with Crippen molar-refractivity contribution in [1.82, 2.24) is 15.5 Å². The van der Waals surface area contributed by atoms with Crippen LogP contribution in [0.1, 0.15) is 47.0 Å². The molecular weight excluding hydrogens is 572 g/mol. The van der Waals surface area contributed by atoms with Crippen molar-refractivity contribution in [2.75, 3.05) is 19.8 Å². The maximum atomic E-state index is 12.7. The van der Waals surface area contributed by atoms with Crippen LogP contribution in [0.5, 0.6) is 0 Å². The lowest BCUT2D eigenvalue weighted by molar-refractivity contribution is -0.270. The molecule has 1 saturated heterocycles. The van der Waals surface area contributed by atoms with Crippen molar-refractivity contribution in [3.63, 3.8) is 0 Å². The van der Waals surface area contributed by atoms with Crippen LogP contribution in [0.4, 0.5) is 0 Å². The minimum Gasteiger partial charge on any atom is -0.465 e. The zero-order valence-corrected chi connectivity index (χ0v) is 23.8. The van der Waals surface area contributed by atoms with E-state index in [0.717, 1.165) is 20.8 Å². The summed E-state index contributed by atoms with van der Waals surface area (Å²) in [6, 6.07) is -2.57. The largest absolute Gasteiger partial charge is 0.465 e. The molecule has 41 heavy (non-hydrogen) atoms. The molecule has 19 heteroatoms. The zero-order chi connectivity index (χ0) is 30.9. The fourth-order valence-corrected chi connectivity index (χ4v) is 3.78. The minimum absolute atomic E-state index is 0.0216. The molecule has 3 N–H and O–H groups in total. The standard InChI is InChI=1S/C22H34N6O12S/c1-11(29)25-18-20(38-14(4)32)19(37-13(3)31)16(9-24-21(34)15(26-27-23)10-36-12(2)30)39-22(18)35-8-6-5-7-17(33)40-28-41/h15-16,18-20,22,28,41H,5-10H2,1-4H3,(H,24,34)(H,25,29)/t15?,16?,18-,19-,20?,22+/m0/s1. The molecular formula is C22H34N6O12S. The van der Waals surface area contributed by atoms with Crippen LogP contribution in [0.2, 0.25) is 0 Å². The molecule has 0 aliphatic carbocycles. The number of carbonyl (C=O) groups excluding carboxylic acids is 6. The lowest BCUT2D eigenvalue weighted by Crippen LogP contribution is -2.67. The van der Waals surface area contributed by atoms with Crippen molar-refractivity contribution in [3.05, 3.63) is 10.4 Å². The van der Waals surface area contributed by atoms with Crippen molar-refractivity contribution >= 4 is 48.5 Å². The highest BCUT2D eigenvalue weighted by molar-refractivity contribution is 7.77. The number of nitrogens with zero attached hydrogens (tertiary/aromatic N) is 3. The first kappa shape index (κ1) is 35.4. The fraction of sp³-hybridized carbons (Fsp3) is 0.727. The average Bonchev–Trinajstić information content (AvgIpc) is 2.87. The van der Waals surface area contributed by atoms with E-state index in [2.05, 4.69) is 38.3 Å². The molecule has 1 heterocycles. The first-order valence-corrected chi connectivity index (χ1v) is 12.8. The molecule has 1 aliphatic heterocycles. The molecule has 1 rings (SSSR count). The number of nitrogens with one attached hydrogen (secondary N) is 3. The second-order valence-corrected chi connectivity index (χ2v) is 8.76. The normalized spacial score (nSPS) is 22.2. The number of amides is 2. The Morgan fingerprint density at radius 3 is 2.22 bits per heavy atom. The third-order valence-corrected chi connectivity index (χ3v) is 5.34. The van der Waals surface area contributed by atoms with Crippen molar-refractivity contribution in [3.8, 4) is 0 Å². The van der Waals surface area contributed by atoms with Gasteiger partial charge in [-0.15, -0.1) is 0 Å². The number of rotatable bonds is 16. The predicted octanol–water partition coefficient (Wildman–Crippen LogP) is -0.483. The van der Waals surface area contributed by atoms with E-state index in [4.69, 9.17) is 29.2 Å². The van der Waals surface area contributed by atoms with Crippen molar-refractivity contribution in [2.24, 2.45) is 5.11 Å². The van der Waals surface area contributed by atoms with E-state index in [-0.39, 0.29) is 19.6 Å². The second kappa shape index (κ2) is 18.7. The van der Waals surface area contributed by atoms with Gasteiger partial charge in [-0.2, -0.15) is 0 Å². The van der Waals surface area contributed by atoms with Gasteiger partial charge in [-0.3, -0.25) is 28.8 Å². The Labute approximate surface area is 240 Å². The average molecular weight is 607 g/mol. The molecule has 18 nitrogen and oxygen atoms in total. The smallest absolute Gasteiger partial charge is 0.325 e. The van der Waals surface area contributed by atoms with E-state index >= 15 is 0 Å². The SMILES string of the molecule is CC(=O)N[C@H]1C(OC(C)=O)[C@@H](OC(C)=O)C(CNC(=O)C(COC(C)=O)N=[N+]=[N-])O[C@H]1OCCCCC(=O)ONS. The van der Waals surface area contributed by atoms with Gasteiger partial charge in [0.15, 0.2) is 24.5 Å². The quantitative estimate of drug-likeness (QED) is 0.0254. The summed E-state index contributed by atoms with van der Waals surface area (Å²) in [6.45, 7) is 3.63. The van der Waals surface area contributed by atoms with E-state index in [1.54, 1.807) is 0 Å². The van der Waals surface area contributed by atoms with Crippen molar-refractivity contribution < 1.29 is 57.3 Å². The highest BCUT2D eigenvalue weighted by Gasteiger charge is 2.51. The van der Waals surface area contributed by atoms with Crippen LogP contribution in [0.15, 0.2) is 5.11 Å². The van der Waals surface area contributed by atoms with Crippen LogP contribution >= 0.6 is 12.8 Å². The van der Waals surface area contributed by atoms with Gasteiger partial charge in [0.1, 0.15) is 18.8 Å². The summed E-state index contributed by atoms with van der Waals surface area (Å²) < 4.78 is 27.3. The molecule has 0 spiro atoms. The van der Waals surface area contributed by atoms with Crippen LogP contribution in [0.3, 0.4) is 0 Å². The summed E-state index contributed by atoms with van der Waals surface area (Å²) in [5, 5.41) is 8.34. The number of esters is 3. The summed E-state index contributed by atoms with van der Waals surface area (Å²) in [5.41, 5.74) is 8.77. The maximum absolute atomic E-state index is 12.7. The number of ether oxygens (including phenoxy) is 5. The number of hydrogen-bond acceptors (Lipinski definition) is 15. The van der Waals surface area contributed by atoms with Gasteiger partial charge in [0.05, 0.1) is 0 Å². The molecule has 3 unspecified atom stereocenters. The molecule has 0 aromatic rings. The second-order valence-electron chi connectivity index (χ2n) is 8.58. The van der Waals surface area contributed by atoms with Gasteiger partial charge in [-0.05, 0) is 18.4 Å². The topological polar surface area (TPSA) is 243 Å². The van der Waals surface area contributed by atoms with Crippen LogP contribution < -0.4 is 15.5 Å². The predicted molar refractivity (Wildman–Crippen MR) is 138 cm³/mol. The van der Waals surface area contributed by atoms with Crippen LogP contribution in [-0.4, -0.2) is 92.1 Å². The number of thiol groups is 1. The Balaban J connectivity index is 3.17. The Morgan fingerprint density at radius 2 is 1.66 bits per heavy atom. The number of azide groups is 1. The lowest BCUT2D eigenvalue weighted by Gasteiger charge is -2.45. The Kier molecular flexibility index (Phi) is 16.1. The molecule has 0 aromatic carbocycles. The molecule has 0 radical (unpaired) electrons. The summed E-state index contributed by atoms with van der Waals surface area (Å²) in [4.78, 5) is 80.2. The third kappa shape index (κ3) is 13.5. The Hall–Kier alpha value is -3.64. The van der Waals surface area contributed by atoms with Gasteiger partial charge in [0.2, 0.25) is 11.8 Å². The zero-order valence-electron chi connectivity index (χ0n) is 22.9. The lowest BCUT2D eigenvalue weighted by atomic mass is 9.95. The summed E-state index contributed by atoms with van der Waals surface area (Å²) in [5.74, 6) is -4.19. The Bertz CT molecular complexity index is 994. The summed E-state index contributed by atoms with van der Waals surface area (Å²) in [7, 11) is 0. The van der Waals surface area contributed by atoms with Crippen LogP contribution in [0.25, 0.3) is 10.4 Å². The van der Waals surface area contributed by atoms with Gasteiger partial charge in [-0.25, -0.2) is 0 Å². The Morgan fingerprint density at radius 1 is 1.00 bits per heavy atom. The van der Waals surface area contributed by atoms with Gasteiger partial charge < -0.3 is 39.2 Å². The van der Waals surface area contributed by atoms with Gasteiger partial charge in [-0.1, -0.05) is 22.8 Å². The highest BCUT2D eigenvalue weighted by Crippen LogP contribution is 2.27.